The van der Waals surface area contributed by atoms with E-state index in [1.807, 2.05) is 31.2 Å². The topological polar surface area (TPSA) is 87.2 Å². The van der Waals surface area contributed by atoms with Crippen LogP contribution in [0.4, 0.5) is 23.1 Å². The van der Waals surface area contributed by atoms with Crippen LogP contribution in [0.1, 0.15) is 37.7 Å². The van der Waals surface area contributed by atoms with Crippen molar-refractivity contribution in [2.45, 2.75) is 50.0 Å². The van der Waals surface area contributed by atoms with Gasteiger partial charge in [-0.2, -0.15) is 9.29 Å². The lowest BCUT2D eigenvalue weighted by molar-refractivity contribution is 0.286. The van der Waals surface area contributed by atoms with Crippen molar-refractivity contribution in [2.75, 3.05) is 17.7 Å². The third kappa shape index (κ3) is 5.26. The van der Waals surface area contributed by atoms with Gasteiger partial charge in [0.1, 0.15) is 5.82 Å². The number of aromatic nitrogens is 2. The van der Waals surface area contributed by atoms with Crippen molar-refractivity contribution >= 4 is 33.2 Å². The highest BCUT2D eigenvalue weighted by Crippen LogP contribution is 2.27. The van der Waals surface area contributed by atoms with Gasteiger partial charge in [0.15, 0.2) is 0 Å². The van der Waals surface area contributed by atoms with Gasteiger partial charge < -0.3 is 10.6 Å². The van der Waals surface area contributed by atoms with Crippen LogP contribution < -0.4 is 10.6 Å². The lowest BCUT2D eigenvalue weighted by atomic mass is 9.96. The molecule has 1 fully saturated rings. The SMILES string of the molecule is Cc1ccc(Nc2ccnc(Nc3ccc(S(=O)(=O)N(C)C4CCCCC4)cc3)n2)cc1. The summed E-state index contributed by atoms with van der Waals surface area (Å²) in [5.74, 6) is 1.09. The minimum Gasteiger partial charge on any atom is -0.340 e. The maximum Gasteiger partial charge on any atom is 0.243 e. The number of anilines is 4. The Kier molecular flexibility index (Phi) is 6.72. The minimum atomic E-state index is -3.51. The number of aryl methyl sites for hydroxylation is 1. The van der Waals surface area contributed by atoms with Crippen LogP contribution in [-0.2, 0) is 10.0 Å². The Labute approximate surface area is 190 Å². The molecule has 1 aromatic heterocycles. The Balaban J connectivity index is 1.44. The van der Waals surface area contributed by atoms with E-state index in [0.29, 0.717) is 16.7 Å². The number of nitrogens with one attached hydrogen (secondary N) is 2. The Hall–Kier alpha value is -2.97. The first kappa shape index (κ1) is 22.2. The molecular weight excluding hydrogens is 422 g/mol. The highest BCUT2D eigenvalue weighted by Gasteiger charge is 2.28. The largest absolute Gasteiger partial charge is 0.340 e. The first-order chi connectivity index (χ1) is 15.4. The maximum absolute atomic E-state index is 13.0. The molecule has 2 aromatic carbocycles. The second kappa shape index (κ2) is 9.67. The smallest absolute Gasteiger partial charge is 0.243 e. The lowest BCUT2D eigenvalue weighted by Crippen LogP contribution is -2.38. The van der Waals surface area contributed by atoms with Gasteiger partial charge in [-0.3, -0.25) is 0 Å². The van der Waals surface area contributed by atoms with Crippen LogP contribution in [0.25, 0.3) is 0 Å². The number of nitrogens with zero attached hydrogens (tertiary/aromatic N) is 3. The molecule has 0 bridgehead atoms. The molecule has 1 aliphatic carbocycles. The summed E-state index contributed by atoms with van der Waals surface area (Å²) in [5, 5.41) is 6.39. The van der Waals surface area contributed by atoms with E-state index in [1.54, 1.807) is 43.6 Å². The first-order valence-electron chi connectivity index (χ1n) is 10.9. The number of hydrogen-bond acceptors (Lipinski definition) is 6. The van der Waals surface area contributed by atoms with Crippen molar-refractivity contribution in [1.82, 2.24) is 14.3 Å². The zero-order valence-corrected chi connectivity index (χ0v) is 19.3. The molecule has 7 nitrogen and oxygen atoms in total. The van der Waals surface area contributed by atoms with Crippen molar-refractivity contribution < 1.29 is 8.42 Å². The summed E-state index contributed by atoms with van der Waals surface area (Å²) in [7, 11) is -1.82. The van der Waals surface area contributed by atoms with Crippen molar-refractivity contribution in [3.8, 4) is 0 Å². The summed E-state index contributed by atoms with van der Waals surface area (Å²) < 4.78 is 27.6. The van der Waals surface area contributed by atoms with Crippen LogP contribution >= 0.6 is 0 Å². The maximum atomic E-state index is 13.0. The fraction of sp³-hybridized carbons (Fsp3) is 0.333. The van der Waals surface area contributed by atoms with E-state index < -0.39 is 10.0 Å². The molecule has 0 spiro atoms. The second-order valence-electron chi connectivity index (χ2n) is 8.22. The monoisotopic (exact) mass is 451 g/mol. The molecule has 0 aliphatic heterocycles. The van der Waals surface area contributed by atoms with Gasteiger partial charge in [0.2, 0.25) is 16.0 Å². The standard InChI is InChI=1S/C24H29N5O2S/c1-18-8-10-19(11-9-18)26-23-16-17-25-24(28-23)27-20-12-14-22(15-13-20)32(30,31)29(2)21-6-4-3-5-7-21/h8-17,21H,3-7H2,1-2H3,(H2,25,26,27,28). The highest BCUT2D eigenvalue weighted by molar-refractivity contribution is 7.89. The molecule has 0 saturated heterocycles. The summed E-state index contributed by atoms with van der Waals surface area (Å²) in [6, 6.07) is 16.7. The first-order valence-corrected chi connectivity index (χ1v) is 12.4. The average Bonchev–Trinajstić information content (AvgIpc) is 2.81. The summed E-state index contributed by atoms with van der Waals surface area (Å²) in [5.41, 5.74) is 2.85. The Morgan fingerprint density at radius 2 is 1.50 bits per heavy atom. The molecule has 1 aliphatic rings. The van der Waals surface area contributed by atoms with E-state index in [0.717, 1.165) is 37.1 Å². The van der Waals surface area contributed by atoms with Crippen molar-refractivity contribution in [2.24, 2.45) is 0 Å². The number of benzene rings is 2. The Morgan fingerprint density at radius 1 is 0.875 bits per heavy atom. The number of hydrogen-bond donors (Lipinski definition) is 2. The van der Waals surface area contributed by atoms with E-state index in [4.69, 9.17) is 0 Å². The fourth-order valence-corrected chi connectivity index (χ4v) is 5.34. The molecule has 0 amide bonds. The normalized spacial score (nSPS) is 15.0. The summed E-state index contributed by atoms with van der Waals surface area (Å²) >= 11 is 0. The predicted molar refractivity (Wildman–Crippen MR) is 128 cm³/mol. The number of rotatable bonds is 7. The zero-order chi connectivity index (χ0) is 22.6. The molecule has 2 N–H and O–H groups in total. The average molecular weight is 452 g/mol. The van der Waals surface area contributed by atoms with Crippen LogP contribution in [0.3, 0.4) is 0 Å². The molecule has 8 heteroatoms. The zero-order valence-electron chi connectivity index (χ0n) is 18.5. The van der Waals surface area contributed by atoms with Crippen LogP contribution in [0.2, 0.25) is 0 Å². The van der Waals surface area contributed by atoms with Crippen LogP contribution in [-0.4, -0.2) is 35.8 Å². The molecule has 0 radical (unpaired) electrons. The number of sulfonamides is 1. The van der Waals surface area contributed by atoms with E-state index in [-0.39, 0.29) is 6.04 Å². The third-order valence-corrected chi connectivity index (χ3v) is 7.78. The van der Waals surface area contributed by atoms with Crippen LogP contribution in [0.5, 0.6) is 0 Å². The quantitative estimate of drug-likeness (QED) is 0.512. The van der Waals surface area contributed by atoms with Gasteiger partial charge in [-0.25, -0.2) is 13.4 Å². The molecule has 168 valence electrons. The molecule has 0 unspecified atom stereocenters. The summed E-state index contributed by atoms with van der Waals surface area (Å²) in [6.07, 6.45) is 6.90. The van der Waals surface area contributed by atoms with Crippen LogP contribution in [0.15, 0.2) is 65.7 Å². The summed E-state index contributed by atoms with van der Waals surface area (Å²) in [6.45, 7) is 2.04. The van der Waals surface area contributed by atoms with Crippen molar-refractivity contribution in [3.05, 3.63) is 66.4 Å². The minimum absolute atomic E-state index is 0.0868. The van der Waals surface area contributed by atoms with E-state index in [9.17, 15) is 8.42 Å². The molecule has 1 heterocycles. The van der Waals surface area contributed by atoms with Gasteiger partial charge >= 0.3 is 0 Å². The molecule has 1 saturated carbocycles. The Morgan fingerprint density at radius 3 is 2.19 bits per heavy atom. The van der Waals surface area contributed by atoms with E-state index >= 15 is 0 Å². The molecule has 32 heavy (non-hydrogen) atoms. The lowest BCUT2D eigenvalue weighted by Gasteiger charge is -2.30. The van der Waals surface area contributed by atoms with Gasteiger partial charge in [-0.1, -0.05) is 37.0 Å². The van der Waals surface area contributed by atoms with Gasteiger partial charge in [0, 0.05) is 30.7 Å². The van der Waals surface area contributed by atoms with E-state index in [1.165, 1.54) is 16.3 Å². The fourth-order valence-electron chi connectivity index (χ4n) is 3.92. The van der Waals surface area contributed by atoms with Crippen molar-refractivity contribution in [3.63, 3.8) is 0 Å². The van der Waals surface area contributed by atoms with Crippen LogP contribution in [0, 0.1) is 6.92 Å². The molecule has 4 rings (SSSR count). The highest BCUT2D eigenvalue weighted by atomic mass is 32.2. The molecular formula is C24H29N5O2S. The van der Waals surface area contributed by atoms with Gasteiger partial charge in [-0.15, -0.1) is 0 Å². The van der Waals surface area contributed by atoms with Gasteiger partial charge in [0.05, 0.1) is 4.90 Å². The summed E-state index contributed by atoms with van der Waals surface area (Å²) in [4.78, 5) is 9.05. The molecule has 3 aromatic rings. The van der Waals surface area contributed by atoms with Crippen molar-refractivity contribution in [1.29, 1.82) is 0 Å². The predicted octanol–water partition coefficient (Wildman–Crippen LogP) is 5.23. The molecule has 0 atom stereocenters. The Bertz CT molecular complexity index is 1140. The third-order valence-electron chi connectivity index (χ3n) is 5.86. The van der Waals surface area contributed by atoms with Gasteiger partial charge in [-0.05, 0) is 62.2 Å². The van der Waals surface area contributed by atoms with Gasteiger partial charge in [0.25, 0.3) is 0 Å². The van der Waals surface area contributed by atoms with E-state index in [2.05, 4.69) is 20.6 Å². The second-order valence-corrected chi connectivity index (χ2v) is 10.2.